The fourth-order valence-electron chi connectivity index (χ4n) is 2.77. The zero-order chi connectivity index (χ0) is 20.1. The maximum Gasteiger partial charge on any atom is 0.255 e. The number of rotatable bonds is 7. The predicted molar refractivity (Wildman–Crippen MR) is 109 cm³/mol. The summed E-state index contributed by atoms with van der Waals surface area (Å²) in [6.07, 6.45) is 0.601. The molecule has 1 aromatic heterocycles. The molecule has 3 rings (SSSR count). The molecule has 0 atom stereocenters. The largest absolute Gasteiger partial charge is 0.488 e. The van der Waals surface area contributed by atoms with Gasteiger partial charge in [0.15, 0.2) is 0 Å². The first-order chi connectivity index (χ1) is 13.5. The molecule has 1 N–H and O–H groups in total. The number of benzene rings is 2. The van der Waals surface area contributed by atoms with Gasteiger partial charge in [0, 0.05) is 16.6 Å². The van der Waals surface area contributed by atoms with Gasteiger partial charge in [-0.3, -0.25) is 4.79 Å². The molecule has 0 fully saturated rings. The number of nitrogens with zero attached hydrogens (tertiary/aromatic N) is 1. The van der Waals surface area contributed by atoms with Gasteiger partial charge in [0.2, 0.25) is 0 Å². The van der Waals surface area contributed by atoms with Gasteiger partial charge in [-0.25, -0.2) is 0 Å². The summed E-state index contributed by atoms with van der Waals surface area (Å²) in [5.74, 6) is 1.00. The first-order valence-corrected chi connectivity index (χ1v) is 9.57. The lowest BCUT2D eigenvalue weighted by Gasteiger charge is -2.12. The van der Waals surface area contributed by atoms with Crippen LogP contribution in [0.1, 0.15) is 32.9 Å². The van der Waals surface area contributed by atoms with Gasteiger partial charge in [-0.1, -0.05) is 46.6 Å². The van der Waals surface area contributed by atoms with Gasteiger partial charge in [0.05, 0.1) is 16.8 Å². The zero-order valence-electron chi connectivity index (χ0n) is 15.6. The van der Waals surface area contributed by atoms with Crippen molar-refractivity contribution in [2.75, 3.05) is 6.54 Å². The van der Waals surface area contributed by atoms with Crippen LogP contribution in [-0.4, -0.2) is 17.6 Å². The second-order valence-electron chi connectivity index (χ2n) is 6.33. The predicted octanol–water partition coefficient (Wildman–Crippen LogP) is 5.15. The Bertz CT molecular complexity index is 966. The van der Waals surface area contributed by atoms with Crippen molar-refractivity contribution in [3.8, 4) is 5.75 Å². The number of nitrogens with one attached hydrogen (secondary N) is 1. The molecule has 0 unspecified atom stereocenters. The maximum atomic E-state index is 12.6. The van der Waals surface area contributed by atoms with Gasteiger partial charge in [-0.15, -0.1) is 0 Å². The van der Waals surface area contributed by atoms with Gasteiger partial charge < -0.3 is 14.6 Å². The van der Waals surface area contributed by atoms with Gasteiger partial charge in [-0.2, -0.15) is 0 Å². The fraction of sp³-hybridized carbons (Fsp3) is 0.238. The number of amides is 1. The first-order valence-electron chi connectivity index (χ1n) is 8.81. The molecule has 5 nitrogen and oxygen atoms in total. The third-order valence-corrected chi connectivity index (χ3v) is 4.97. The quantitative estimate of drug-likeness (QED) is 0.575. The SMILES string of the molecule is Cc1noc(C)c1COc1ccccc1C(=O)NCCc1ccc(Cl)cc1Cl. The Morgan fingerprint density at radius 1 is 1.18 bits per heavy atom. The first kappa shape index (κ1) is 20.2. The minimum absolute atomic E-state index is 0.209. The van der Waals surface area contributed by atoms with E-state index in [4.69, 9.17) is 32.5 Å². The van der Waals surface area contributed by atoms with Gasteiger partial charge in [0.1, 0.15) is 18.1 Å². The van der Waals surface area contributed by atoms with E-state index in [-0.39, 0.29) is 12.5 Å². The number of ether oxygens (including phenoxy) is 1. The molecule has 1 amide bonds. The molecule has 3 aromatic rings. The van der Waals surface area contributed by atoms with Crippen molar-refractivity contribution in [1.82, 2.24) is 10.5 Å². The van der Waals surface area contributed by atoms with Crippen molar-refractivity contribution in [2.24, 2.45) is 0 Å². The average Bonchev–Trinajstić information content (AvgIpc) is 2.99. The molecule has 0 spiro atoms. The van der Waals surface area contributed by atoms with E-state index in [1.807, 2.05) is 26.0 Å². The summed E-state index contributed by atoms with van der Waals surface area (Å²) < 4.78 is 11.0. The van der Waals surface area contributed by atoms with Crippen LogP contribution in [0.5, 0.6) is 5.75 Å². The Morgan fingerprint density at radius 3 is 2.68 bits per heavy atom. The maximum absolute atomic E-state index is 12.6. The second-order valence-corrected chi connectivity index (χ2v) is 7.17. The number of aromatic nitrogens is 1. The number of aryl methyl sites for hydroxylation is 2. The summed E-state index contributed by atoms with van der Waals surface area (Å²) in [5.41, 5.74) is 3.05. The highest BCUT2D eigenvalue weighted by Gasteiger charge is 2.15. The fourth-order valence-corrected chi connectivity index (χ4v) is 3.27. The molecule has 0 saturated carbocycles. The third-order valence-electron chi connectivity index (χ3n) is 4.38. The number of hydrogen-bond acceptors (Lipinski definition) is 4. The van der Waals surface area contributed by atoms with Crippen molar-refractivity contribution in [3.63, 3.8) is 0 Å². The highest BCUT2D eigenvalue weighted by Crippen LogP contribution is 2.23. The van der Waals surface area contributed by atoms with Gasteiger partial charge in [-0.05, 0) is 50.1 Å². The molecule has 0 aliphatic rings. The topological polar surface area (TPSA) is 64.4 Å². The van der Waals surface area contributed by atoms with Crippen LogP contribution >= 0.6 is 23.2 Å². The van der Waals surface area contributed by atoms with E-state index in [1.165, 1.54) is 0 Å². The third kappa shape index (κ3) is 4.86. The van der Waals surface area contributed by atoms with Crippen molar-refractivity contribution in [2.45, 2.75) is 26.9 Å². The monoisotopic (exact) mass is 418 g/mol. The van der Waals surface area contributed by atoms with E-state index in [0.29, 0.717) is 40.1 Å². The van der Waals surface area contributed by atoms with E-state index in [9.17, 15) is 4.79 Å². The van der Waals surface area contributed by atoms with Crippen molar-refractivity contribution >= 4 is 29.1 Å². The van der Waals surface area contributed by atoms with Gasteiger partial charge in [0.25, 0.3) is 5.91 Å². The lowest BCUT2D eigenvalue weighted by molar-refractivity contribution is 0.0949. The Balaban J connectivity index is 1.62. The van der Waals surface area contributed by atoms with E-state index in [1.54, 1.807) is 30.3 Å². The Hall–Kier alpha value is -2.50. The number of para-hydroxylation sites is 1. The molecule has 2 aromatic carbocycles. The van der Waals surface area contributed by atoms with Crippen LogP contribution in [0.3, 0.4) is 0 Å². The highest BCUT2D eigenvalue weighted by atomic mass is 35.5. The normalized spacial score (nSPS) is 10.7. The highest BCUT2D eigenvalue weighted by molar-refractivity contribution is 6.35. The zero-order valence-corrected chi connectivity index (χ0v) is 17.1. The smallest absolute Gasteiger partial charge is 0.255 e. The summed E-state index contributed by atoms with van der Waals surface area (Å²) in [6, 6.07) is 12.5. The Morgan fingerprint density at radius 2 is 1.96 bits per heavy atom. The van der Waals surface area contributed by atoms with Crippen molar-refractivity contribution in [3.05, 3.63) is 80.7 Å². The molecule has 0 bridgehead atoms. The summed E-state index contributed by atoms with van der Waals surface area (Å²) in [4.78, 5) is 12.6. The molecular weight excluding hydrogens is 399 g/mol. The van der Waals surface area contributed by atoms with Crippen LogP contribution in [0, 0.1) is 13.8 Å². The Labute approximate surface area is 173 Å². The van der Waals surface area contributed by atoms with Crippen LogP contribution in [0.2, 0.25) is 10.0 Å². The molecular formula is C21H20Cl2N2O3. The lowest BCUT2D eigenvalue weighted by Crippen LogP contribution is -2.26. The Kier molecular flexibility index (Phi) is 6.60. The summed E-state index contributed by atoms with van der Waals surface area (Å²) in [7, 11) is 0. The standard InChI is InChI=1S/C21H20Cl2N2O3/c1-13-18(14(2)28-25-13)12-27-20-6-4-3-5-17(20)21(26)24-10-9-15-7-8-16(22)11-19(15)23/h3-8,11H,9-10,12H2,1-2H3,(H,24,26). The number of carbonyl (C=O) groups excluding carboxylic acids is 1. The molecule has 0 aliphatic heterocycles. The minimum atomic E-state index is -0.209. The molecule has 1 heterocycles. The van der Waals surface area contributed by atoms with Crippen LogP contribution in [0.4, 0.5) is 0 Å². The van der Waals surface area contributed by atoms with Crippen LogP contribution < -0.4 is 10.1 Å². The van der Waals surface area contributed by atoms with Crippen molar-refractivity contribution < 1.29 is 14.1 Å². The molecule has 0 saturated heterocycles. The molecule has 0 aliphatic carbocycles. The molecule has 0 radical (unpaired) electrons. The van der Waals surface area contributed by atoms with E-state index < -0.39 is 0 Å². The lowest BCUT2D eigenvalue weighted by atomic mass is 10.1. The summed E-state index contributed by atoms with van der Waals surface area (Å²) in [6.45, 7) is 4.42. The average molecular weight is 419 g/mol. The van der Waals surface area contributed by atoms with Crippen LogP contribution in [0.15, 0.2) is 47.0 Å². The molecule has 7 heteroatoms. The summed E-state index contributed by atoms with van der Waals surface area (Å²) in [5, 5.41) is 7.99. The second kappa shape index (κ2) is 9.13. The van der Waals surface area contributed by atoms with Crippen LogP contribution in [0.25, 0.3) is 0 Å². The minimum Gasteiger partial charge on any atom is -0.488 e. The van der Waals surface area contributed by atoms with Gasteiger partial charge >= 0.3 is 0 Å². The van der Waals surface area contributed by atoms with E-state index in [2.05, 4.69) is 10.5 Å². The van der Waals surface area contributed by atoms with Crippen molar-refractivity contribution in [1.29, 1.82) is 0 Å². The molecule has 28 heavy (non-hydrogen) atoms. The number of carbonyl (C=O) groups is 1. The summed E-state index contributed by atoms with van der Waals surface area (Å²) >= 11 is 12.1. The number of hydrogen-bond donors (Lipinski definition) is 1. The van der Waals surface area contributed by atoms with E-state index >= 15 is 0 Å². The van der Waals surface area contributed by atoms with Crippen LogP contribution in [-0.2, 0) is 13.0 Å². The number of halogens is 2. The van der Waals surface area contributed by atoms with E-state index in [0.717, 1.165) is 16.8 Å². The molecule has 146 valence electrons.